The third kappa shape index (κ3) is 3.84. The van der Waals surface area contributed by atoms with E-state index in [2.05, 4.69) is 30.3 Å². The summed E-state index contributed by atoms with van der Waals surface area (Å²) in [5, 5.41) is 0. The van der Waals surface area contributed by atoms with Crippen molar-refractivity contribution in [3.05, 3.63) is 87.8 Å². The first kappa shape index (κ1) is 19.2. The maximum Gasteiger partial charge on any atom is 0.328 e. The van der Waals surface area contributed by atoms with Gasteiger partial charge < -0.3 is 14.2 Å². The summed E-state index contributed by atoms with van der Waals surface area (Å²) in [7, 11) is 1.35. The Morgan fingerprint density at radius 1 is 0.968 bits per heavy atom. The summed E-state index contributed by atoms with van der Waals surface area (Å²) < 4.78 is 16.9. The quantitative estimate of drug-likeness (QED) is 0.500. The fourth-order valence-electron chi connectivity index (χ4n) is 3.95. The fourth-order valence-corrected chi connectivity index (χ4v) is 3.95. The smallest absolute Gasteiger partial charge is 0.328 e. The Hall–Kier alpha value is -3.80. The standard InChI is InChI=1S/C25H22NO5/c1-28-26(27)23-14-25-24(30-16-31-25)13-22(23)20-8-7-19-12-21(10-9-18(19)11-20)29-15-17-5-3-2-4-6-17/h2-6,9-14H,7-8,15-16H2,1H3/q+1. The van der Waals surface area contributed by atoms with Crippen LogP contribution in [-0.4, -0.2) is 18.8 Å². The van der Waals surface area contributed by atoms with Crippen LogP contribution in [0.1, 0.15) is 28.7 Å². The minimum Gasteiger partial charge on any atom is -0.489 e. The van der Waals surface area contributed by atoms with Crippen molar-refractivity contribution < 1.29 is 24.0 Å². The van der Waals surface area contributed by atoms with Gasteiger partial charge in [-0.2, -0.15) is 0 Å². The molecule has 1 aliphatic carbocycles. The van der Waals surface area contributed by atoms with E-state index < -0.39 is 0 Å². The van der Waals surface area contributed by atoms with Gasteiger partial charge in [0.15, 0.2) is 18.6 Å². The molecule has 1 aliphatic heterocycles. The molecule has 0 saturated carbocycles. The third-order valence-corrected chi connectivity index (χ3v) is 5.56. The molecule has 0 bridgehead atoms. The zero-order chi connectivity index (χ0) is 21.2. The molecule has 0 unspecified atom stereocenters. The monoisotopic (exact) mass is 416 g/mol. The van der Waals surface area contributed by atoms with Gasteiger partial charge in [0.05, 0.1) is 16.5 Å². The SMILES string of the molecule is CO[N+](=O)c1cc2c(cc1C1=Cc3ccc(OCc4ccccc4)cc3CC1)OCO2. The summed E-state index contributed by atoms with van der Waals surface area (Å²) in [6.45, 7) is 0.690. The lowest BCUT2D eigenvalue weighted by atomic mass is 9.88. The molecule has 0 fully saturated rings. The third-order valence-electron chi connectivity index (χ3n) is 5.56. The van der Waals surface area contributed by atoms with Crippen LogP contribution in [-0.2, 0) is 17.9 Å². The number of allylic oxidation sites excluding steroid dienone is 1. The van der Waals surface area contributed by atoms with E-state index in [0.717, 1.165) is 40.9 Å². The largest absolute Gasteiger partial charge is 0.489 e. The molecule has 2 aliphatic rings. The average molecular weight is 416 g/mol. The first-order valence-electron chi connectivity index (χ1n) is 10.2. The van der Waals surface area contributed by atoms with Crippen LogP contribution >= 0.6 is 0 Å². The maximum atomic E-state index is 12.3. The predicted molar refractivity (Wildman–Crippen MR) is 116 cm³/mol. The number of benzene rings is 3. The van der Waals surface area contributed by atoms with E-state index in [1.165, 1.54) is 12.7 Å². The molecule has 156 valence electrons. The van der Waals surface area contributed by atoms with Crippen molar-refractivity contribution in [2.24, 2.45) is 0 Å². The number of hydrogen-bond donors (Lipinski definition) is 0. The zero-order valence-electron chi connectivity index (χ0n) is 17.2. The van der Waals surface area contributed by atoms with Crippen LogP contribution in [0, 0.1) is 4.91 Å². The Kier molecular flexibility index (Phi) is 5.04. The molecule has 0 saturated heterocycles. The van der Waals surface area contributed by atoms with E-state index in [-0.39, 0.29) is 6.79 Å². The summed E-state index contributed by atoms with van der Waals surface area (Å²) in [6, 6.07) is 19.8. The van der Waals surface area contributed by atoms with Crippen LogP contribution in [0.3, 0.4) is 0 Å². The Balaban J connectivity index is 1.43. The molecule has 0 spiro atoms. The summed E-state index contributed by atoms with van der Waals surface area (Å²) in [4.78, 5) is 17.7. The van der Waals surface area contributed by atoms with E-state index in [1.54, 1.807) is 6.07 Å². The van der Waals surface area contributed by atoms with Gasteiger partial charge in [0.2, 0.25) is 6.79 Å². The van der Waals surface area contributed by atoms with E-state index in [4.69, 9.17) is 19.0 Å². The Morgan fingerprint density at radius 2 is 1.77 bits per heavy atom. The van der Waals surface area contributed by atoms with Gasteiger partial charge in [-0.05, 0) is 53.3 Å². The molecule has 3 aromatic carbocycles. The lowest BCUT2D eigenvalue weighted by Gasteiger charge is -2.18. The molecule has 6 nitrogen and oxygen atoms in total. The summed E-state index contributed by atoms with van der Waals surface area (Å²) in [5.74, 6) is 2.04. The minimum atomic E-state index is 0.151. The summed E-state index contributed by atoms with van der Waals surface area (Å²) in [5.41, 5.74) is 5.73. The molecule has 0 aromatic heterocycles. The first-order chi connectivity index (χ1) is 15.2. The van der Waals surface area contributed by atoms with Crippen LogP contribution in [0.5, 0.6) is 17.2 Å². The molecule has 1 heterocycles. The number of rotatable bonds is 6. The molecule has 0 atom stereocenters. The average Bonchev–Trinajstić information content (AvgIpc) is 3.29. The lowest BCUT2D eigenvalue weighted by Crippen LogP contribution is -2.05. The molecule has 31 heavy (non-hydrogen) atoms. The second kappa shape index (κ2) is 8.14. The Bertz CT molecular complexity index is 1170. The minimum absolute atomic E-state index is 0.151. The van der Waals surface area contributed by atoms with Gasteiger partial charge in [0.1, 0.15) is 12.4 Å². The van der Waals surface area contributed by atoms with Crippen LogP contribution < -0.4 is 14.2 Å². The van der Waals surface area contributed by atoms with Crippen LogP contribution in [0.15, 0.2) is 60.7 Å². The second-order valence-electron chi connectivity index (χ2n) is 7.47. The van der Waals surface area contributed by atoms with Crippen molar-refractivity contribution in [3.8, 4) is 17.2 Å². The molecule has 6 heteroatoms. The normalized spacial score (nSPS) is 13.9. The summed E-state index contributed by atoms with van der Waals surface area (Å²) >= 11 is 0. The number of hydrogen-bond acceptors (Lipinski definition) is 5. The van der Waals surface area contributed by atoms with Crippen molar-refractivity contribution in [3.63, 3.8) is 0 Å². The molecule has 5 rings (SSSR count). The van der Waals surface area contributed by atoms with Gasteiger partial charge in [-0.25, -0.2) is 4.84 Å². The molecular weight excluding hydrogens is 394 g/mol. The molecular formula is C25H22NO5+. The highest BCUT2D eigenvalue weighted by molar-refractivity contribution is 5.88. The van der Waals surface area contributed by atoms with Gasteiger partial charge >= 0.3 is 5.69 Å². The zero-order valence-corrected chi connectivity index (χ0v) is 17.2. The number of nitrogens with zero attached hydrogens (tertiary/aromatic N) is 1. The van der Waals surface area contributed by atoms with Gasteiger partial charge in [-0.15, -0.1) is 0 Å². The van der Waals surface area contributed by atoms with Gasteiger partial charge in [0.25, 0.3) is 4.92 Å². The molecule has 0 amide bonds. The predicted octanol–water partition coefficient (Wildman–Crippen LogP) is 5.45. The van der Waals surface area contributed by atoms with Gasteiger partial charge in [-0.1, -0.05) is 42.5 Å². The van der Waals surface area contributed by atoms with Crippen molar-refractivity contribution in [2.45, 2.75) is 19.4 Å². The molecule has 3 aromatic rings. The highest BCUT2D eigenvalue weighted by Gasteiger charge is 2.30. The van der Waals surface area contributed by atoms with Crippen molar-refractivity contribution in [2.75, 3.05) is 13.9 Å². The number of ether oxygens (including phenoxy) is 3. The van der Waals surface area contributed by atoms with Crippen LogP contribution in [0.4, 0.5) is 5.69 Å². The highest BCUT2D eigenvalue weighted by atomic mass is 16.8. The van der Waals surface area contributed by atoms with Gasteiger partial charge in [-0.3, -0.25) is 0 Å². The maximum absolute atomic E-state index is 12.3. The van der Waals surface area contributed by atoms with E-state index in [0.29, 0.717) is 28.7 Å². The van der Waals surface area contributed by atoms with Crippen molar-refractivity contribution >= 4 is 17.3 Å². The van der Waals surface area contributed by atoms with E-state index >= 15 is 0 Å². The second-order valence-corrected chi connectivity index (χ2v) is 7.47. The fraction of sp³-hybridized carbons (Fsp3) is 0.200. The van der Waals surface area contributed by atoms with Gasteiger partial charge in [0, 0.05) is 0 Å². The van der Waals surface area contributed by atoms with E-state index in [1.807, 2.05) is 30.3 Å². The summed E-state index contributed by atoms with van der Waals surface area (Å²) in [6.07, 6.45) is 3.76. The van der Waals surface area contributed by atoms with Crippen molar-refractivity contribution in [1.29, 1.82) is 0 Å². The molecule has 0 N–H and O–H groups in total. The Labute approximate surface area is 180 Å². The first-order valence-corrected chi connectivity index (χ1v) is 10.2. The lowest BCUT2D eigenvalue weighted by molar-refractivity contribution is -0.736. The van der Waals surface area contributed by atoms with E-state index in [9.17, 15) is 4.91 Å². The highest BCUT2D eigenvalue weighted by Crippen LogP contribution is 2.43. The Morgan fingerprint density at radius 3 is 2.58 bits per heavy atom. The van der Waals surface area contributed by atoms with Crippen LogP contribution in [0.25, 0.3) is 11.6 Å². The van der Waals surface area contributed by atoms with Crippen LogP contribution in [0.2, 0.25) is 0 Å². The van der Waals surface area contributed by atoms with Crippen molar-refractivity contribution in [1.82, 2.24) is 0 Å². The number of aryl methyl sites for hydroxylation is 1. The topological polar surface area (TPSA) is 57.0 Å². The molecule has 0 radical (unpaired) electrons. The number of fused-ring (bicyclic) bond motifs is 2.